The van der Waals surface area contributed by atoms with Gasteiger partial charge in [0.2, 0.25) is 0 Å². The summed E-state index contributed by atoms with van der Waals surface area (Å²) in [5, 5.41) is 3.63. The molecule has 1 saturated heterocycles. The maximum absolute atomic E-state index is 12.5. The minimum Gasteiger partial charge on any atom is -0.444 e. The largest absolute Gasteiger partial charge is 0.444 e. The van der Waals surface area contributed by atoms with Crippen molar-refractivity contribution in [3.05, 3.63) is 40.6 Å². The molecule has 2 atom stereocenters. The third kappa shape index (κ3) is 5.57. The molecule has 200 valence electrons. The number of nitrogens with one attached hydrogen (secondary N) is 1. The number of thioether (sulfide) groups is 1. The van der Waals surface area contributed by atoms with Crippen molar-refractivity contribution in [2.24, 2.45) is 0 Å². The van der Waals surface area contributed by atoms with E-state index in [1.165, 1.54) is 0 Å². The van der Waals surface area contributed by atoms with E-state index in [1.54, 1.807) is 11.8 Å². The van der Waals surface area contributed by atoms with Gasteiger partial charge in [-0.25, -0.2) is 14.8 Å². The average molecular weight is 529 g/mol. The molecule has 0 bridgehead atoms. The Morgan fingerprint density at radius 1 is 1.24 bits per heavy atom. The number of hydrogen-bond donors (Lipinski definition) is 1. The standard InChI is InChI=1S/C27H36N4O5S/c1-17-19-8-7-18(28-25(32)36-26(2,3)4)13-21(19)27(16-34-17)14-22-20(15-35-27)23(30-24(29-22)37-5)31-9-6-11-33-12-10-31/h7-8,13,17H,6,9-12,14-16H2,1-5H3,(H,28,32). The van der Waals surface area contributed by atoms with E-state index in [4.69, 9.17) is 28.9 Å². The van der Waals surface area contributed by atoms with Gasteiger partial charge in [-0.3, -0.25) is 5.32 Å². The number of hydrogen-bond acceptors (Lipinski definition) is 9. The number of anilines is 2. The minimum atomic E-state index is -0.705. The number of fused-ring (bicyclic) bond motifs is 3. The van der Waals surface area contributed by atoms with Crippen molar-refractivity contribution in [3.8, 4) is 0 Å². The van der Waals surface area contributed by atoms with Gasteiger partial charge < -0.3 is 23.8 Å². The Bertz CT molecular complexity index is 1160. The fourth-order valence-electron chi connectivity index (χ4n) is 5.13. The summed E-state index contributed by atoms with van der Waals surface area (Å²) in [4.78, 5) is 24.6. The van der Waals surface area contributed by atoms with Crippen molar-refractivity contribution in [1.82, 2.24) is 9.97 Å². The minimum absolute atomic E-state index is 0.0824. The van der Waals surface area contributed by atoms with Gasteiger partial charge in [-0.05, 0) is 63.6 Å². The van der Waals surface area contributed by atoms with Crippen LogP contribution in [0.3, 0.4) is 0 Å². The summed E-state index contributed by atoms with van der Waals surface area (Å²) in [6.07, 6.45) is 2.96. The van der Waals surface area contributed by atoms with Gasteiger partial charge in [-0.1, -0.05) is 17.8 Å². The highest BCUT2D eigenvalue weighted by atomic mass is 32.2. The number of carbonyl (C=O) groups is 1. The Hall–Kier alpha value is -2.40. The Kier molecular flexibility index (Phi) is 7.37. The van der Waals surface area contributed by atoms with Crippen molar-refractivity contribution in [3.63, 3.8) is 0 Å². The van der Waals surface area contributed by atoms with Crippen molar-refractivity contribution in [1.29, 1.82) is 0 Å². The molecule has 37 heavy (non-hydrogen) atoms. The van der Waals surface area contributed by atoms with Gasteiger partial charge >= 0.3 is 6.09 Å². The van der Waals surface area contributed by atoms with Crippen LogP contribution < -0.4 is 10.2 Å². The molecule has 1 spiro atoms. The summed E-state index contributed by atoms with van der Waals surface area (Å²) in [5.41, 5.74) is 3.46. The van der Waals surface area contributed by atoms with E-state index in [0.29, 0.717) is 31.9 Å². The Morgan fingerprint density at radius 2 is 2.08 bits per heavy atom. The second kappa shape index (κ2) is 10.4. The highest BCUT2D eigenvalue weighted by molar-refractivity contribution is 7.98. The maximum Gasteiger partial charge on any atom is 0.412 e. The second-order valence-corrected chi connectivity index (χ2v) is 11.5. The monoisotopic (exact) mass is 528 g/mol. The first-order valence-electron chi connectivity index (χ1n) is 12.8. The SMILES string of the molecule is CSc1nc2c(c(N3CCCOCC3)n1)COC1(COC(C)c3ccc(NC(=O)OC(C)(C)C)cc31)C2. The predicted octanol–water partition coefficient (Wildman–Crippen LogP) is 4.83. The highest BCUT2D eigenvalue weighted by Crippen LogP contribution is 2.46. The van der Waals surface area contributed by atoms with Gasteiger partial charge in [-0.2, -0.15) is 0 Å². The van der Waals surface area contributed by atoms with E-state index in [-0.39, 0.29) is 6.10 Å². The molecule has 2 aromatic rings. The number of nitrogens with zero attached hydrogens (tertiary/aromatic N) is 3. The molecule has 0 radical (unpaired) electrons. The van der Waals surface area contributed by atoms with Crippen LogP contribution in [0.15, 0.2) is 23.4 Å². The number of aromatic nitrogens is 2. The molecule has 3 aliphatic rings. The van der Waals surface area contributed by atoms with Crippen LogP contribution in [0, 0.1) is 0 Å². The Labute approximate surface area is 222 Å². The molecule has 3 aliphatic heterocycles. The molecule has 1 amide bonds. The topological polar surface area (TPSA) is 95.0 Å². The first-order chi connectivity index (χ1) is 17.7. The van der Waals surface area contributed by atoms with Gasteiger partial charge in [-0.15, -0.1) is 0 Å². The van der Waals surface area contributed by atoms with E-state index in [1.807, 2.05) is 52.1 Å². The fraction of sp³-hybridized carbons (Fsp3) is 0.593. The van der Waals surface area contributed by atoms with Gasteiger partial charge in [0.25, 0.3) is 0 Å². The van der Waals surface area contributed by atoms with E-state index < -0.39 is 17.3 Å². The Morgan fingerprint density at radius 3 is 2.86 bits per heavy atom. The van der Waals surface area contributed by atoms with Crippen LogP contribution >= 0.6 is 11.8 Å². The second-order valence-electron chi connectivity index (χ2n) is 10.8. The van der Waals surface area contributed by atoms with Crippen LogP contribution in [0.4, 0.5) is 16.3 Å². The zero-order valence-corrected chi connectivity index (χ0v) is 23.1. The Balaban J connectivity index is 1.49. The summed E-state index contributed by atoms with van der Waals surface area (Å²) in [5.74, 6) is 0.945. The van der Waals surface area contributed by atoms with Gasteiger partial charge in [0, 0.05) is 37.4 Å². The van der Waals surface area contributed by atoms with Crippen molar-refractivity contribution in [2.45, 2.75) is 69.6 Å². The lowest BCUT2D eigenvalue weighted by molar-refractivity contribution is -0.148. The zero-order chi connectivity index (χ0) is 26.2. The molecule has 2 unspecified atom stereocenters. The third-order valence-corrected chi connectivity index (χ3v) is 7.44. The molecule has 10 heteroatoms. The smallest absolute Gasteiger partial charge is 0.412 e. The van der Waals surface area contributed by atoms with Crippen molar-refractivity contribution in [2.75, 3.05) is 49.4 Å². The van der Waals surface area contributed by atoms with Gasteiger partial charge in [0.15, 0.2) is 5.16 Å². The number of amides is 1. The molecule has 1 aromatic carbocycles. The quantitative estimate of drug-likeness (QED) is 0.444. The molecule has 1 N–H and O–H groups in total. The molecule has 4 heterocycles. The first kappa shape index (κ1) is 26.2. The first-order valence-corrected chi connectivity index (χ1v) is 14.1. The van der Waals surface area contributed by atoms with Crippen LogP contribution in [0.25, 0.3) is 0 Å². The van der Waals surface area contributed by atoms with Crippen molar-refractivity contribution < 1.29 is 23.7 Å². The number of benzene rings is 1. The van der Waals surface area contributed by atoms with Gasteiger partial charge in [0.1, 0.15) is 17.0 Å². The van der Waals surface area contributed by atoms with E-state index in [9.17, 15) is 4.79 Å². The van der Waals surface area contributed by atoms with Crippen molar-refractivity contribution >= 4 is 29.4 Å². The van der Waals surface area contributed by atoms with Crippen LogP contribution in [0.2, 0.25) is 0 Å². The number of rotatable bonds is 3. The zero-order valence-electron chi connectivity index (χ0n) is 22.3. The van der Waals surface area contributed by atoms with E-state index in [0.717, 1.165) is 59.5 Å². The summed E-state index contributed by atoms with van der Waals surface area (Å²) in [6, 6.07) is 5.88. The maximum atomic E-state index is 12.5. The summed E-state index contributed by atoms with van der Waals surface area (Å²) in [6.45, 7) is 11.5. The number of carbonyl (C=O) groups excluding carboxylic acids is 1. The van der Waals surface area contributed by atoms with Crippen LogP contribution in [0.5, 0.6) is 0 Å². The third-order valence-electron chi connectivity index (χ3n) is 6.89. The molecular weight excluding hydrogens is 492 g/mol. The van der Waals surface area contributed by atoms with Crippen LogP contribution in [-0.2, 0) is 37.6 Å². The highest BCUT2D eigenvalue weighted by Gasteiger charge is 2.45. The molecule has 9 nitrogen and oxygen atoms in total. The van der Waals surface area contributed by atoms with Crippen LogP contribution in [-0.4, -0.2) is 60.8 Å². The lowest BCUT2D eigenvalue weighted by Gasteiger charge is -2.44. The molecule has 5 rings (SSSR count). The molecule has 0 aliphatic carbocycles. The summed E-state index contributed by atoms with van der Waals surface area (Å²) in [7, 11) is 0. The fourth-order valence-corrected chi connectivity index (χ4v) is 5.51. The lowest BCUT2D eigenvalue weighted by Crippen LogP contribution is -2.45. The van der Waals surface area contributed by atoms with E-state index in [2.05, 4.69) is 10.2 Å². The van der Waals surface area contributed by atoms with E-state index >= 15 is 0 Å². The summed E-state index contributed by atoms with van der Waals surface area (Å²) >= 11 is 1.55. The summed E-state index contributed by atoms with van der Waals surface area (Å²) < 4.78 is 24.0. The number of ether oxygens (including phenoxy) is 4. The lowest BCUT2D eigenvalue weighted by atomic mass is 9.80. The molecular formula is C27H36N4O5S. The molecule has 1 aromatic heterocycles. The predicted molar refractivity (Wildman–Crippen MR) is 142 cm³/mol. The normalized spacial score (nSPS) is 23.7. The average Bonchev–Trinajstić information content (AvgIpc) is 3.14. The van der Waals surface area contributed by atoms with Gasteiger partial charge in [0.05, 0.1) is 31.6 Å². The molecule has 0 saturated carbocycles. The molecule has 1 fully saturated rings. The van der Waals surface area contributed by atoms with Crippen LogP contribution in [0.1, 0.15) is 62.6 Å².